The second kappa shape index (κ2) is 6.50. The zero-order valence-corrected chi connectivity index (χ0v) is 10.9. The molecule has 0 aromatic carbocycles. The summed E-state index contributed by atoms with van der Waals surface area (Å²) < 4.78 is 4.72. The highest BCUT2D eigenvalue weighted by Crippen LogP contribution is 2.13. The van der Waals surface area contributed by atoms with Crippen molar-refractivity contribution in [3.05, 3.63) is 29.6 Å². The largest absolute Gasteiger partial charge is 0.465 e. The summed E-state index contributed by atoms with van der Waals surface area (Å²) in [5.41, 5.74) is 1.53. The van der Waals surface area contributed by atoms with Crippen LogP contribution in [0.5, 0.6) is 0 Å². The summed E-state index contributed by atoms with van der Waals surface area (Å²) in [7, 11) is 1.40. The summed E-state index contributed by atoms with van der Waals surface area (Å²) in [4.78, 5) is 18.2. The van der Waals surface area contributed by atoms with Gasteiger partial charge in [0.05, 0.1) is 18.4 Å². The van der Waals surface area contributed by atoms with Crippen molar-refractivity contribution in [1.82, 2.24) is 9.88 Å². The van der Waals surface area contributed by atoms with Crippen LogP contribution in [0.25, 0.3) is 0 Å². The number of ether oxygens (including phenoxy) is 1. The van der Waals surface area contributed by atoms with Crippen LogP contribution in [0.4, 0.5) is 0 Å². The Hall–Kier alpha value is -1.42. The number of pyridine rings is 1. The molecule has 0 aliphatic carbocycles. The minimum atomic E-state index is -0.297. The van der Waals surface area contributed by atoms with E-state index in [-0.39, 0.29) is 5.97 Å². The number of esters is 1. The van der Waals surface area contributed by atoms with E-state index in [9.17, 15) is 4.79 Å². The molecule has 0 spiro atoms. The fraction of sp³-hybridized carbons (Fsp3) is 0.571. The van der Waals surface area contributed by atoms with Gasteiger partial charge in [-0.25, -0.2) is 4.79 Å². The van der Waals surface area contributed by atoms with E-state index in [0.29, 0.717) is 5.56 Å². The zero-order valence-electron chi connectivity index (χ0n) is 10.9. The van der Waals surface area contributed by atoms with Gasteiger partial charge in [0, 0.05) is 12.7 Å². The van der Waals surface area contributed by atoms with Gasteiger partial charge in [-0.15, -0.1) is 0 Å². The number of nitrogens with zero attached hydrogens (tertiary/aromatic N) is 2. The molecule has 2 heterocycles. The molecule has 2 rings (SSSR count). The third kappa shape index (κ3) is 3.53. The highest BCUT2D eigenvalue weighted by Gasteiger charge is 2.12. The molecule has 0 radical (unpaired) electrons. The lowest BCUT2D eigenvalue weighted by Gasteiger charge is -2.19. The van der Waals surface area contributed by atoms with E-state index in [1.165, 1.54) is 32.8 Å². The standard InChI is InChI=1S/C14H20N2O2/c1-18-14(17)12-6-7-15-13(10-12)11-16-8-4-2-3-5-9-16/h6-7,10H,2-5,8-9,11H2,1H3. The maximum Gasteiger partial charge on any atom is 0.337 e. The summed E-state index contributed by atoms with van der Waals surface area (Å²) in [6.45, 7) is 3.08. The first kappa shape index (κ1) is 13.0. The van der Waals surface area contributed by atoms with Crippen LogP contribution in [0.15, 0.2) is 18.3 Å². The van der Waals surface area contributed by atoms with E-state index in [2.05, 4.69) is 9.88 Å². The normalized spacial score (nSPS) is 17.2. The Kier molecular flexibility index (Phi) is 4.70. The average molecular weight is 248 g/mol. The molecule has 0 saturated carbocycles. The van der Waals surface area contributed by atoms with Crippen LogP contribution in [0, 0.1) is 0 Å². The third-order valence-electron chi connectivity index (χ3n) is 3.32. The molecule has 0 atom stereocenters. The maximum atomic E-state index is 11.4. The van der Waals surface area contributed by atoms with Crippen LogP contribution < -0.4 is 0 Å². The highest BCUT2D eigenvalue weighted by atomic mass is 16.5. The first-order valence-corrected chi connectivity index (χ1v) is 6.55. The molecule has 1 aromatic heterocycles. The second-order valence-corrected chi connectivity index (χ2v) is 4.72. The Morgan fingerprint density at radius 3 is 2.72 bits per heavy atom. The quantitative estimate of drug-likeness (QED) is 0.769. The summed E-state index contributed by atoms with van der Waals surface area (Å²) in [6.07, 6.45) is 6.85. The molecule has 1 saturated heterocycles. The van der Waals surface area contributed by atoms with Crippen molar-refractivity contribution in [2.75, 3.05) is 20.2 Å². The van der Waals surface area contributed by atoms with Gasteiger partial charge in [-0.2, -0.15) is 0 Å². The monoisotopic (exact) mass is 248 g/mol. The summed E-state index contributed by atoms with van der Waals surface area (Å²) in [5, 5.41) is 0. The van der Waals surface area contributed by atoms with E-state index >= 15 is 0 Å². The molecule has 98 valence electrons. The van der Waals surface area contributed by atoms with Gasteiger partial charge in [-0.05, 0) is 38.1 Å². The Balaban J connectivity index is 2.01. The van der Waals surface area contributed by atoms with Gasteiger partial charge in [0.2, 0.25) is 0 Å². The van der Waals surface area contributed by atoms with Crippen molar-refractivity contribution < 1.29 is 9.53 Å². The molecule has 1 aliphatic heterocycles. The summed E-state index contributed by atoms with van der Waals surface area (Å²) in [5.74, 6) is -0.297. The van der Waals surface area contributed by atoms with Crippen molar-refractivity contribution in [3.63, 3.8) is 0 Å². The fourth-order valence-electron chi connectivity index (χ4n) is 2.33. The van der Waals surface area contributed by atoms with Gasteiger partial charge in [0.15, 0.2) is 0 Å². The van der Waals surface area contributed by atoms with Crippen LogP contribution >= 0.6 is 0 Å². The van der Waals surface area contributed by atoms with Crippen LogP contribution in [0.1, 0.15) is 41.7 Å². The minimum absolute atomic E-state index is 0.297. The van der Waals surface area contributed by atoms with Gasteiger partial charge in [-0.3, -0.25) is 9.88 Å². The molecule has 0 unspecified atom stereocenters. The number of hydrogen-bond acceptors (Lipinski definition) is 4. The van der Waals surface area contributed by atoms with E-state index in [1.807, 2.05) is 6.07 Å². The molecule has 0 N–H and O–H groups in total. The van der Waals surface area contributed by atoms with Crippen molar-refractivity contribution in [3.8, 4) is 0 Å². The van der Waals surface area contributed by atoms with Gasteiger partial charge in [0.25, 0.3) is 0 Å². The lowest BCUT2D eigenvalue weighted by molar-refractivity contribution is 0.0600. The van der Waals surface area contributed by atoms with Gasteiger partial charge >= 0.3 is 5.97 Å². The Bertz CT molecular complexity index is 399. The van der Waals surface area contributed by atoms with Crippen LogP contribution in [0.3, 0.4) is 0 Å². The highest BCUT2D eigenvalue weighted by molar-refractivity contribution is 5.89. The minimum Gasteiger partial charge on any atom is -0.465 e. The smallest absolute Gasteiger partial charge is 0.337 e. The predicted octanol–water partition coefficient (Wildman–Crippen LogP) is 2.24. The van der Waals surface area contributed by atoms with E-state index in [4.69, 9.17) is 4.74 Å². The number of carbonyl (C=O) groups is 1. The summed E-state index contributed by atoms with van der Waals surface area (Å²) in [6, 6.07) is 3.52. The van der Waals surface area contributed by atoms with Crippen molar-refractivity contribution >= 4 is 5.97 Å². The van der Waals surface area contributed by atoms with Gasteiger partial charge in [0.1, 0.15) is 0 Å². The van der Waals surface area contributed by atoms with Crippen LogP contribution in [0.2, 0.25) is 0 Å². The average Bonchev–Trinajstić information content (AvgIpc) is 2.67. The number of aromatic nitrogens is 1. The number of carbonyl (C=O) groups excluding carboxylic acids is 1. The third-order valence-corrected chi connectivity index (χ3v) is 3.32. The van der Waals surface area contributed by atoms with E-state index in [0.717, 1.165) is 25.3 Å². The molecule has 0 bridgehead atoms. The van der Waals surface area contributed by atoms with E-state index in [1.54, 1.807) is 12.3 Å². The fourth-order valence-corrected chi connectivity index (χ4v) is 2.33. The Morgan fingerprint density at radius 1 is 1.33 bits per heavy atom. The molecular formula is C14H20N2O2. The Morgan fingerprint density at radius 2 is 2.06 bits per heavy atom. The molecule has 4 nitrogen and oxygen atoms in total. The Labute approximate surface area is 108 Å². The topological polar surface area (TPSA) is 42.4 Å². The molecule has 1 aromatic rings. The van der Waals surface area contributed by atoms with Crippen LogP contribution in [-0.4, -0.2) is 36.1 Å². The van der Waals surface area contributed by atoms with E-state index < -0.39 is 0 Å². The number of methoxy groups -OCH3 is 1. The van der Waals surface area contributed by atoms with Crippen molar-refractivity contribution in [2.45, 2.75) is 32.2 Å². The molecule has 1 fully saturated rings. The first-order chi connectivity index (χ1) is 8.79. The molecule has 4 heteroatoms. The number of rotatable bonds is 3. The molecule has 1 aliphatic rings. The lowest BCUT2D eigenvalue weighted by Crippen LogP contribution is -2.24. The second-order valence-electron chi connectivity index (χ2n) is 4.72. The molecule has 0 amide bonds. The first-order valence-electron chi connectivity index (χ1n) is 6.55. The number of hydrogen-bond donors (Lipinski definition) is 0. The zero-order chi connectivity index (χ0) is 12.8. The maximum absolute atomic E-state index is 11.4. The van der Waals surface area contributed by atoms with Crippen molar-refractivity contribution in [1.29, 1.82) is 0 Å². The molecule has 18 heavy (non-hydrogen) atoms. The van der Waals surface area contributed by atoms with Gasteiger partial charge < -0.3 is 4.74 Å². The lowest BCUT2D eigenvalue weighted by atomic mass is 10.2. The van der Waals surface area contributed by atoms with Gasteiger partial charge in [-0.1, -0.05) is 12.8 Å². The summed E-state index contributed by atoms with van der Waals surface area (Å²) >= 11 is 0. The predicted molar refractivity (Wildman–Crippen MR) is 69.3 cm³/mol. The SMILES string of the molecule is COC(=O)c1ccnc(CN2CCCCCC2)c1. The van der Waals surface area contributed by atoms with Crippen molar-refractivity contribution in [2.24, 2.45) is 0 Å². The molecular weight excluding hydrogens is 228 g/mol. The van der Waals surface area contributed by atoms with Crippen LogP contribution in [-0.2, 0) is 11.3 Å². The number of likely N-dealkylation sites (tertiary alicyclic amines) is 1.